The van der Waals surface area contributed by atoms with Crippen LogP contribution in [0.2, 0.25) is 0 Å². The molecule has 4 N–H and O–H groups in total. The molecule has 0 atom stereocenters. The molecule has 0 spiro atoms. The third-order valence-corrected chi connectivity index (χ3v) is 2.66. The van der Waals surface area contributed by atoms with E-state index in [1.807, 2.05) is 26.0 Å². The van der Waals surface area contributed by atoms with Crippen LogP contribution in [0.25, 0.3) is 0 Å². The molecule has 0 aliphatic rings. The van der Waals surface area contributed by atoms with Crippen LogP contribution in [0.15, 0.2) is 30.5 Å². The first-order valence-corrected chi connectivity index (χ1v) is 5.79. The molecule has 0 saturated heterocycles. The zero-order valence-corrected chi connectivity index (χ0v) is 10.8. The molecule has 0 bridgehead atoms. The number of nitrogens with zero attached hydrogens (tertiary/aromatic N) is 2. The van der Waals surface area contributed by atoms with E-state index in [1.165, 1.54) is 0 Å². The lowest BCUT2D eigenvalue weighted by molar-refractivity contribution is 0.102. The number of carbonyl (C=O) groups excluding carboxylic acids is 1. The molecule has 1 amide bonds. The summed E-state index contributed by atoms with van der Waals surface area (Å²) in [7, 11) is 0. The summed E-state index contributed by atoms with van der Waals surface area (Å²) < 4.78 is 0. The fourth-order valence-corrected chi connectivity index (χ4v) is 1.71. The third kappa shape index (κ3) is 2.86. The highest BCUT2D eigenvalue weighted by Crippen LogP contribution is 2.16. The summed E-state index contributed by atoms with van der Waals surface area (Å²) in [4.78, 5) is 20.4. The van der Waals surface area contributed by atoms with Crippen LogP contribution in [-0.2, 0) is 0 Å². The smallest absolute Gasteiger partial charge is 0.259 e. The predicted octanol–water partition coefficient (Wildman–Crippen LogP) is 1.63. The van der Waals surface area contributed by atoms with Crippen molar-refractivity contribution in [3.05, 3.63) is 47.4 Å². The topological polar surface area (TPSA) is 92.9 Å². The highest BCUT2D eigenvalue weighted by atomic mass is 16.1. The highest BCUT2D eigenvalue weighted by molar-refractivity contribution is 6.07. The number of rotatable bonds is 3. The van der Waals surface area contributed by atoms with Crippen molar-refractivity contribution in [2.24, 2.45) is 5.84 Å². The van der Waals surface area contributed by atoms with E-state index in [-0.39, 0.29) is 5.91 Å². The van der Waals surface area contributed by atoms with E-state index in [2.05, 4.69) is 20.7 Å². The number of hydrogen-bond donors (Lipinski definition) is 3. The van der Waals surface area contributed by atoms with Crippen molar-refractivity contribution in [2.75, 3.05) is 10.7 Å². The van der Waals surface area contributed by atoms with Crippen molar-refractivity contribution in [3.8, 4) is 0 Å². The maximum atomic E-state index is 12.2. The van der Waals surface area contributed by atoms with E-state index in [4.69, 9.17) is 5.84 Å². The highest BCUT2D eigenvalue weighted by Gasteiger charge is 2.12. The quantitative estimate of drug-likeness (QED) is 0.574. The van der Waals surface area contributed by atoms with Crippen molar-refractivity contribution in [2.45, 2.75) is 13.8 Å². The number of hydrazine groups is 1. The van der Waals surface area contributed by atoms with E-state index in [1.54, 1.807) is 18.3 Å². The first-order chi connectivity index (χ1) is 9.11. The summed E-state index contributed by atoms with van der Waals surface area (Å²) >= 11 is 0. The first kappa shape index (κ1) is 13.0. The lowest BCUT2D eigenvalue weighted by atomic mass is 10.2. The molecule has 0 saturated carbocycles. The maximum absolute atomic E-state index is 12.2. The molecule has 2 aromatic heterocycles. The first-order valence-electron chi connectivity index (χ1n) is 5.79. The number of anilines is 2. The van der Waals surface area contributed by atoms with Crippen molar-refractivity contribution >= 4 is 17.4 Å². The fraction of sp³-hybridized carbons (Fsp3) is 0.154. The lowest BCUT2D eigenvalue weighted by Crippen LogP contribution is -2.18. The Balaban J connectivity index is 2.26. The number of aromatic nitrogens is 2. The van der Waals surface area contributed by atoms with Crippen LogP contribution in [-0.4, -0.2) is 15.9 Å². The SMILES string of the molecule is Cc1ccc(NC(=O)c2cccnc2NN)c(C)n1. The standard InChI is InChI=1S/C13H15N5O/c1-8-5-6-11(9(2)16-8)17-13(19)10-4-3-7-15-12(10)18-14/h3-7H,14H2,1-2H3,(H,15,18)(H,17,19). The van der Waals surface area contributed by atoms with Crippen LogP contribution in [0.1, 0.15) is 21.7 Å². The van der Waals surface area contributed by atoms with Gasteiger partial charge in [-0.05, 0) is 38.1 Å². The van der Waals surface area contributed by atoms with Gasteiger partial charge < -0.3 is 10.7 Å². The molecule has 6 nitrogen and oxygen atoms in total. The number of hydrogen-bond acceptors (Lipinski definition) is 5. The van der Waals surface area contributed by atoms with Crippen LogP contribution in [0.3, 0.4) is 0 Å². The summed E-state index contributed by atoms with van der Waals surface area (Å²) in [5.41, 5.74) is 5.11. The van der Waals surface area contributed by atoms with Crippen LogP contribution in [0.5, 0.6) is 0 Å². The van der Waals surface area contributed by atoms with Gasteiger partial charge in [-0.1, -0.05) is 0 Å². The van der Waals surface area contributed by atoms with Gasteiger partial charge in [-0.2, -0.15) is 0 Å². The zero-order chi connectivity index (χ0) is 13.8. The Hall–Kier alpha value is -2.47. The molecular weight excluding hydrogens is 242 g/mol. The minimum Gasteiger partial charge on any atom is -0.320 e. The zero-order valence-electron chi connectivity index (χ0n) is 10.8. The van der Waals surface area contributed by atoms with Crippen molar-refractivity contribution < 1.29 is 4.79 Å². The Morgan fingerprint density at radius 3 is 2.74 bits per heavy atom. The van der Waals surface area contributed by atoms with Gasteiger partial charge in [-0.3, -0.25) is 9.78 Å². The van der Waals surface area contributed by atoms with Gasteiger partial charge in [0.25, 0.3) is 5.91 Å². The maximum Gasteiger partial charge on any atom is 0.259 e. The average Bonchev–Trinajstić information content (AvgIpc) is 2.41. The second-order valence-electron chi connectivity index (χ2n) is 4.08. The van der Waals surface area contributed by atoms with E-state index in [0.29, 0.717) is 17.1 Å². The molecular formula is C13H15N5O. The summed E-state index contributed by atoms with van der Waals surface area (Å²) in [6, 6.07) is 6.99. The van der Waals surface area contributed by atoms with Crippen LogP contribution in [0, 0.1) is 13.8 Å². The second-order valence-corrected chi connectivity index (χ2v) is 4.08. The summed E-state index contributed by atoms with van der Waals surface area (Å²) in [5, 5.41) is 2.79. The number of aryl methyl sites for hydroxylation is 2. The number of carbonyl (C=O) groups is 1. The molecule has 0 unspecified atom stereocenters. The molecule has 98 valence electrons. The van der Waals surface area contributed by atoms with Gasteiger partial charge in [0.1, 0.15) is 0 Å². The molecule has 0 aliphatic carbocycles. The summed E-state index contributed by atoms with van der Waals surface area (Å²) in [5.74, 6) is 5.38. The van der Waals surface area contributed by atoms with Crippen molar-refractivity contribution in [1.82, 2.24) is 9.97 Å². The minimum absolute atomic E-state index is 0.283. The Bertz CT molecular complexity index is 612. The van der Waals surface area contributed by atoms with Crippen LogP contribution < -0.4 is 16.6 Å². The van der Waals surface area contributed by atoms with Gasteiger partial charge in [0.15, 0.2) is 5.82 Å². The lowest BCUT2D eigenvalue weighted by Gasteiger charge is -2.10. The van der Waals surface area contributed by atoms with Crippen LogP contribution in [0.4, 0.5) is 11.5 Å². The largest absolute Gasteiger partial charge is 0.320 e. The van der Waals surface area contributed by atoms with Crippen molar-refractivity contribution in [3.63, 3.8) is 0 Å². The second kappa shape index (κ2) is 5.45. The van der Waals surface area contributed by atoms with E-state index in [9.17, 15) is 4.79 Å². The number of nitrogens with two attached hydrogens (primary N) is 1. The van der Waals surface area contributed by atoms with Gasteiger partial charge in [-0.15, -0.1) is 0 Å². The minimum atomic E-state index is -0.283. The molecule has 0 aliphatic heterocycles. The Labute approximate surface area is 111 Å². The Morgan fingerprint density at radius 1 is 1.26 bits per heavy atom. The number of amides is 1. The van der Waals surface area contributed by atoms with E-state index < -0.39 is 0 Å². The molecule has 0 fully saturated rings. The number of nitrogen functional groups attached to an aromatic ring is 1. The average molecular weight is 257 g/mol. The summed E-state index contributed by atoms with van der Waals surface area (Å²) in [6.07, 6.45) is 1.56. The monoisotopic (exact) mass is 257 g/mol. The van der Waals surface area contributed by atoms with Gasteiger partial charge >= 0.3 is 0 Å². The fourth-order valence-electron chi connectivity index (χ4n) is 1.71. The molecule has 19 heavy (non-hydrogen) atoms. The molecule has 2 heterocycles. The van der Waals surface area contributed by atoms with Gasteiger partial charge in [-0.25, -0.2) is 10.8 Å². The van der Waals surface area contributed by atoms with Gasteiger partial charge in [0, 0.05) is 11.9 Å². The van der Waals surface area contributed by atoms with E-state index in [0.717, 1.165) is 11.4 Å². The molecule has 2 aromatic rings. The Morgan fingerprint density at radius 2 is 2.05 bits per heavy atom. The molecule has 2 rings (SSSR count). The van der Waals surface area contributed by atoms with Gasteiger partial charge in [0.2, 0.25) is 0 Å². The molecule has 6 heteroatoms. The predicted molar refractivity (Wildman–Crippen MR) is 73.7 cm³/mol. The summed E-state index contributed by atoms with van der Waals surface area (Å²) in [6.45, 7) is 3.74. The Kier molecular flexibility index (Phi) is 3.72. The molecule has 0 radical (unpaired) electrons. The normalized spacial score (nSPS) is 10.1. The van der Waals surface area contributed by atoms with Crippen molar-refractivity contribution in [1.29, 1.82) is 0 Å². The van der Waals surface area contributed by atoms with E-state index >= 15 is 0 Å². The third-order valence-electron chi connectivity index (χ3n) is 2.66. The van der Waals surface area contributed by atoms with Gasteiger partial charge in [0.05, 0.1) is 16.9 Å². The number of pyridine rings is 2. The molecule has 0 aromatic carbocycles. The number of nitrogens with one attached hydrogen (secondary N) is 2. The van der Waals surface area contributed by atoms with Crippen LogP contribution >= 0.6 is 0 Å².